The molecule has 0 rings (SSSR count). The van der Waals surface area contributed by atoms with Crippen LogP contribution >= 0.6 is 0 Å². The van der Waals surface area contributed by atoms with Crippen LogP contribution in [-0.4, -0.2) is 105 Å². The first-order chi connectivity index (χ1) is 43.2. The van der Waals surface area contributed by atoms with Gasteiger partial charge in [-0.1, -0.05) is 338 Å². The smallest absolute Gasteiger partial charge is 0.367 e. The number of unbranched alkanes of at least 4 members (excludes halogenated alkanes) is 44. The van der Waals surface area contributed by atoms with Gasteiger partial charge in [-0.05, 0) is 72.1 Å². The second-order valence-corrected chi connectivity index (χ2v) is 27.0. The molecule has 0 heterocycles. The molecule has 90 heavy (non-hydrogen) atoms. The van der Waals surface area contributed by atoms with E-state index in [1.807, 2.05) is 6.92 Å². The van der Waals surface area contributed by atoms with Crippen LogP contribution in [0.1, 0.15) is 410 Å². The average molecular weight is 1420 g/mol. The zero-order valence-corrected chi connectivity index (χ0v) is 65.4. The normalized spacial score (nSPS) is 14.1. The molecule has 546 valence electrons. The summed E-state index contributed by atoms with van der Waals surface area (Å²) in [4.78, 5) is 28.4. The van der Waals surface area contributed by atoms with Crippen molar-refractivity contribution in [3.05, 3.63) is 0 Å². The van der Waals surface area contributed by atoms with Gasteiger partial charge < -0.3 is 58.0 Å². The van der Waals surface area contributed by atoms with E-state index < -0.39 is 46.6 Å². The summed E-state index contributed by atoms with van der Waals surface area (Å²) < 4.78 is 28.6. The van der Waals surface area contributed by atoms with Crippen molar-refractivity contribution in [2.24, 2.45) is 0 Å². The van der Waals surface area contributed by atoms with E-state index >= 15 is 0 Å². The number of quaternary nitrogens is 2. The maximum Gasteiger partial charge on any atom is 0.367 e. The number of nitrogens with zero attached hydrogens (tertiary/aromatic N) is 2. The third-order valence-electron chi connectivity index (χ3n) is 18.0. The minimum Gasteiger partial charge on any atom is -1.00 e. The van der Waals surface area contributed by atoms with Crippen LogP contribution < -0.4 is 34.0 Å². The van der Waals surface area contributed by atoms with Gasteiger partial charge in [0.2, 0.25) is 0 Å². The largest absolute Gasteiger partial charge is 1.00 e. The molecular formula is C77H160Br2N2O9. The van der Waals surface area contributed by atoms with Crippen LogP contribution in [0.5, 0.6) is 0 Å². The second kappa shape index (κ2) is 72.3. The molecular weight excluding hydrogens is 1260 g/mol. The third kappa shape index (κ3) is 49.9. The van der Waals surface area contributed by atoms with Gasteiger partial charge in [0.1, 0.15) is 38.6 Å². The molecule has 0 aromatic heterocycles. The van der Waals surface area contributed by atoms with Crippen molar-refractivity contribution >= 4 is 0 Å². The van der Waals surface area contributed by atoms with E-state index in [0.717, 1.165) is 77.0 Å². The summed E-state index contributed by atoms with van der Waals surface area (Å²) in [5.41, 5.74) is 0. The molecule has 0 aliphatic rings. The van der Waals surface area contributed by atoms with E-state index in [2.05, 4.69) is 69.2 Å². The molecule has 0 saturated carbocycles. The topological polar surface area (TPSA) is 94.1 Å². The van der Waals surface area contributed by atoms with Crippen molar-refractivity contribution < 1.29 is 87.0 Å². The first-order valence-electron chi connectivity index (χ1n) is 39.7. The van der Waals surface area contributed by atoms with E-state index in [-0.39, 0.29) is 34.0 Å². The van der Waals surface area contributed by atoms with Gasteiger partial charge in [0.15, 0.2) is 6.10 Å². The fourth-order valence-corrected chi connectivity index (χ4v) is 12.7. The molecule has 0 spiro atoms. The minimum atomic E-state index is -1.09. The summed E-state index contributed by atoms with van der Waals surface area (Å²) in [5.74, 6) is 0. The highest BCUT2D eigenvalue weighted by atomic mass is 79.9. The summed E-state index contributed by atoms with van der Waals surface area (Å²) in [6.07, 6.45) is 59.6. The van der Waals surface area contributed by atoms with Crippen LogP contribution in [0.15, 0.2) is 0 Å². The predicted octanol–water partition coefficient (Wildman–Crippen LogP) is 18.0. The highest BCUT2D eigenvalue weighted by Gasteiger charge is 2.71. The number of hydrogen-bond donors (Lipinski definition) is 1. The molecule has 0 radical (unpaired) electrons. The van der Waals surface area contributed by atoms with Crippen LogP contribution in [0.2, 0.25) is 0 Å². The van der Waals surface area contributed by atoms with Gasteiger partial charge in [0.25, 0.3) is 12.5 Å². The summed E-state index contributed by atoms with van der Waals surface area (Å²) in [5, 5.41) is 13.0. The number of aliphatic hydroxyl groups is 1. The van der Waals surface area contributed by atoms with Gasteiger partial charge in [0.05, 0.1) is 13.2 Å². The number of ether oxygens (including phenoxy) is 4. The molecule has 1 N–H and O–H groups in total. The monoisotopic (exact) mass is 1420 g/mol. The molecule has 0 aliphatic heterocycles. The van der Waals surface area contributed by atoms with E-state index in [0.29, 0.717) is 52.9 Å². The number of hydrogen-bond acceptors (Lipinski definition) is 9. The Morgan fingerprint density at radius 1 is 0.222 bits per heavy atom. The third-order valence-corrected chi connectivity index (χ3v) is 18.0. The first kappa shape index (κ1) is 94.7. The zero-order valence-electron chi connectivity index (χ0n) is 62.3. The molecule has 5 unspecified atom stereocenters. The summed E-state index contributed by atoms with van der Waals surface area (Å²) in [6.45, 7) is 27.5. The fraction of sp³-hybridized carbons (Fsp3) is 1.00. The molecule has 0 amide bonds. The molecule has 0 saturated heterocycles. The fourth-order valence-electron chi connectivity index (χ4n) is 12.7. The lowest BCUT2D eigenvalue weighted by Gasteiger charge is -2.51. The van der Waals surface area contributed by atoms with Crippen molar-refractivity contribution in [1.29, 1.82) is 0 Å². The molecule has 0 aliphatic carbocycles. The number of halogens is 2. The van der Waals surface area contributed by atoms with Crippen LogP contribution in [0.3, 0.4) is 0 Å². The quantitative estimate of drug-likeness (QED) is 0.0277. The van der Waals surface area contributed by atoms with Crippen LogP contribution in [0.4, 0.5) is 0 Å². The SMILES string of the molecule is CCCCCCCCCCCCCCOC(C)C(OCCCCCCCCCCCCCC)[N+](OCCC)(OCCC)C(C(C)O)[N+](OCCC)(OCCC)C(OCCCCCCCCCCCCCC)C(C)OCCCCCCCCCCCCCC.[Br-].[Br-]. The van der Waals surface area contributed by atoms with Gasteiger partial charge >= 0.3 is 6.17 Å². The van der Waals surface area contributed by atoms with Crippen LogP contribution in [0.25, 0.3) is 0 Å². The van der Waals surface area contributed by atoms with Crippen LogP contribution in [0, 0.1) is 0 Å². The predicted molar refractivity (Wildman–Crippen MR) is 376 cm³/mol. The standard InChI is InChI=1S/C77H160N2O9.2BrH/c1-12-20-24-28-32-36-40-44-48-52-56-60-68-81-73(10)76(83-70-62-58-54-50-46-42-38-34-30-26-22-14-3)78(85-64-16-5,86-65-17-6)75(72(9)80)79(87-66-18-7,88-67-19-8)77(84-71-63-59-55-51-47-43-39-35-31-27-23-15-4)74(11)82-69-61-57-53-49-45-41-37-33-29-25-21-13-2;;/h72-77,80H,12-71H2,1-11H3;2*1H/q+2;;/p-2. The summed E-state index contributed by atoms with van der Waals surface area (Å²) in [7, 11) is 0. The Hall–Kier alpha value is 0.520. The van der Waals surface area contributed by atoms with Crippen molar-refractivity contribution in [2.75, 3.05) is 52.9 Å². The lowest BCUT2D eigenvalue weighted by atomic mass is 10.1. The van der Waals surface area contributed by atoms with Crippen molar-refractivity contribution in [2.45, 2.75) is 447 Å². The lowest BCUT2D eigenvalue weighted by Crippen LogP contribution is -3.00. The van der Waals surface area contributed by atoms with Gasteiger partial charge in [-0.3, -0.25) is 0 Å². The number of hydroxylamine groups is 8. The highest BCUT2D eigenvalue weighted by molar-refractivity contribution is 4.66. The number of aliphatic hydroxyl groups excluding tert-OH is 1. The summed E-state index contributed by atoms with van der Waals surface area (Å²) in [6, 6.07) is 0. The first-order valence-corrected chi connectivity index (χ1v) is 39.7. The van der Waals surface area contributed by atoms with Gasteiger partial charge in [-0.15, -0.1) is 0 Å². The van der Waals surface area contributed by atoms with Crippen molar-refractivity contribution in [3.63, 3.8) is 0 Å². The van der Waals surface area contributed by atoms with Gasteiger partial charge in [0, 0.05) is 22.8 Å². The maximum atomic E-state index is 13.0. The molecule has 11 nitrogen and oxygen atoms in total. The Kier molecular flexibility index (Phi) is 76.0. The molecule has 0 aromatic carbocycles. The Bertz CT molecular complexity index is 1250. The van der Waals surface area contributed by atoms with Gasteiger partial charge in [-0.2, -0.15) is 19.4 Å². The Morgan fingerprint density at radius 3 is 0.556 bits per heavy atom. The second-order valence-electron chi connectivity index (χ2n) is 27.0. The van der Waals surface area contributed by atoms with E-state index in [1.165, 1.54) is 257 Å². The molecule has 5 atom stereocenters. The Morgan fingerprint density at radius 2 is 0.389 bits per heavy atom. The lowest BCUT2D eigenvalue weighted by molar-refractivity contribution is -1.43. The Balaban J connectivity index is -0.0000378. The minimum absolute atomic E-state index is 0. The average Bonchev–Trinajstić information content (AvgIpc) is 0.815. The number of rotatable bonds is 75. The highest BCUT2D eigenvalue weighted by Crippen LogP contribution is 2.40. The molecule has 13 heteroatoms. The Labute approximate surface area is 583 Å². The van der Waals surface area contributed by atoms with Crippen LogP contribution in [-0.2, 0) is 38.3 Å². The van der Waals surface area contributed by atoms with E-state index in [9.17, 15) is 5.11 Å². The van der Waals surface area contributed by atoms with Crippen molar-refractivity contribution in [3.8, 4) is 0 Å². The molecule has 0 fully saturated rings. The van der Waals surface area contributed by atoms with E-state index in [1.54, 1.807) is 0 Å². The summed E-state index contributed by atoms with van der Waals surface area (Å²) >= 11 is 0. The molecule has 0 aromatic rings. The molecule has 0 bridgehead atoms. The van der Waals surface area contributed by atoms with Crippen molar-refractivity contribution in [1.82, 2.24) is 0 Å². The maximum absolute atomic E-state index is 13.0. The van der Waals surface area contributed by atoms with E-state index in [4.69, 9.17) is 38.3 Å². The van der Waals surface area contributed by atoms with Gasteiger partial charge in [-0.25, -0.2) is 0 Å². The zero-order chi connectivity index (χ0) is 64.5.